The molecule has 1 heterocycles. The molecule has 1 aliphatic carbocycles. The summed E-state index contributed by atoms with van der Waals surface area (Å²) in [4.78, 5) is 23.2. The Morgan fingerprint density at radius 2 is 2.10 bits per heavy atom. The lowest BCUT2D eigenvalue weighted by atomic mass is 10.1. The molecule has 20 heavy (non-hydrogen) atoms. The van der Waals surface area contributed by atoms with Crippen LogP contribution in [0.1, 0.15) is 43.8 Å². The van der Waals surface area contributed by atoms with Crippen molar-refractivity contribution in [2.75, 3.05) is 6.54 Å². The minimum absolute atomic E-state index is 0.143. The molecule has 5 nitrogen and oxygen atoms in total. The predicted octanol–water partition coefficient (Wildman–Crippen LogP) is 1.35. The maximum Gasteiger partial charge on any atom is 0.309 e. The van der Waals surface area contributed by atoms with E-state index in [4.69, 9.17) is 0 Å². The second-order valence-corrected chi connectivity index (χ2v) is 5.85. The van der Waals surface area contributed by atoms with Crippen molar-refractivity contribution in [1.82, 2.24) is 10.6 Å². The quantitative estimate of drug-likeness (QED) is 0.718. The number of hydrogen-bond acceptors (Lipinski definition) is 4. The maximum absolute atomic E-state index is 11.6. The first-order valence-corrected chi connectivity index (χ1v) is 7.90. The van der Waals surface area contributed by atoms with Gasteiger partial charge in [-0.3, -0.25) is 9.59 Å². The SMILES string of the molecule is O=C(NCC[C@@H](O)c1ccsc1)C(=O)NC1CCCC1. The van der Waals surface area contributed by atoms with Crippen LogP contribution < -0.4 is 10.6 Å². The second-order valence-electron chi connectivity index (χ2n) is 5.07. The number of rotatable bonds is 5. The standard InChI is InChI=1S/C14H20N2O3S/c17-12(10-6-8-20-9-10)5-7-15-13(18)14(19)16-11-3-1-2-4-11/h6,8-9,11-12,17H,1-5,7H2,(H,15,18)(H,16,19)/t12-/m1/s1. The van der Waals surface area contributed by atoms with Crippen molar-refractivity contribution in [3.63, 3.8) is 0 Å². The van der Waals surface area contributed by atoms with Gasteiger partial charge in [0.15, 0.2) is 0 Å². The first-order chi connectivity index (χ1) is 9.66. The van der Waals surface area contributed by atoms with E-state index in [-0.39, 0.29) is 12.6 Å². The molecule has 1 saturated carbocycles. The highest BCUT2D eigenvalue weighted by molar-refractivity contribution is 7.07. The zero-order chi connectivity index (χ0) is 14.4. The van der Waals surface area contributed by atoms with Crippen LogP contribution in [0.4, 0.5) is 0 Å². The van der Waals surface area contributed by atoms with E-state index in [9.17, 15) is 14.7 Å². The van der Waals surface area contributed by atoms with Crippen LogP contribution in [0.25, 0.3) is 0 Å². The summed E-state index contributed by atoms with van der Waals surface area (Å²) in [6.07, 6.45) is 3.93. The monoisotopic (exact) mass is 296 g/mol. The Labute approximate surface area is 122 Å². The molecule has 0 aliphatic heterocycles. The average molecular weight is 296 g/mol. The molecule has 1 aliphatic rings. The highest BCUT2D eigenvalue weighted by Gasteiger charge is 2.21. The van der Waals surface area contributed by atoms with Crippen LogP contribution in [-0.2, 0) is 9.59 Å². The Morgan fingerprint density at radius 3 is 2.75 bits per heavy atom. The van der Waals surface area contributed by atoms with Crippen LogP contribution in [0.3, 0.4) is 0 Å². The van der Waals surface area contributed by atoms with Crippen LogP contribution >= 0.6 is 11.3 Å². The van der Waals surface area contributed by atoms with Gasteiger partial charge in [0.05, 0.1) is 6.10 Å². The Bertz CT molecular complexity index is 441. The summed E-state index contributed by atoms with van der Waals surface area (Å²) < 4.78 is 0. The third-order valence-corrected chi connectivity index (χ3v) is 4.23. The number of aliphatic hydroxyl groups excluding tert-OH is 1. The van der Waals surface area contributed by atoms with Crippen molar-refractivity contribution < 1.29 is 14.7 Å². The van der Waals surface area contributed by atoms with E-state index in [0.717, 1.165) is 31.2 Å². The van der Waals surface area contributed by atoms with Gasteiger partial charge in [-0.05, 0) is 41.7 Å². The van der Waals surface area contributed by atoms with E-state index in [1.54, 1.807) is 0 Å². The number of hydrogen-bond donors (Lipinski definition) is 3. The van der Waals surface area contributed by atoms with Crippen LogP contribution in [0, 0.1) is 0 Å². The lowest BCUT2D eigenvalue weighted by Gasteiger charge is -2.12. The summed E-state index contributed by atoms with van der Waals surface area (Å²) in [5.74, 6) is -1.18. The third-order valence-electron chi connectivity index (χ3n) is 3.53. The molecule has 2 amide bonds. The summed E-state index contributed by atoms with van der Waals surface area (Å²) in [7, 11) is 0. The second kappa shape index (κ2) is 7.40. The number of thiophene rings is 1. The zero-order valence-electron chi connectivity index (χ0n) is 11.3. The fourth-order valence-electron chi connectivity index (χ4n) is 2.36. The summed E-state index contributed by atoms with van der Waals surface area (Å²) in [5.41, 5.74) is 0.847. The van der Waals surface area contributed by atoms with Gasteiger partial charge in [-0.15, -0.1) is 0 Å². The van der Waals surface area contributed by atoms with Crippen LogP contribution in [0.5, 0.6) is 0 Å². The Morgan fingerprint density at radius 1 is 1.35 bits per heavy atom. The fourth-order valence-corrected chi connectivity index (χ4v) is 3.06. The molecule has 1 aromatic heterocycles. The molecule has 2 rings (SSSR count). The molecular weight excluding hydrogens is 276 g/mol. The van der Waals surface area contributed by atoms with E-state index in [2.05, 4.69) is 10.6 Å². The number of carbonyl (C=O) groups excluding carboxylic acids is 2. The molecule has 0 unspecified atom stereocenters. The molecule has 0 radical (unpaired) electrons. The van der Waals surface area contributed by atoms with E-state index in [0.29, 0.717) is 6.42 Å². The van der Waals surface area contributed by atoms with Gasteiger partial charge in [-0.1, -0.05) is 12.8 Å². The van der Waals surface area contributed by atoms with Gasteiger partial charge >= 0.3 is 11.8 Å². The Kier molecular flexibility index (Phi) is 5.55. The van der Waals surface area contributed by atoms with E-state index in [1.807, 2.05) is 16.8 Å². The molecular formula is C14H20N2O3S. The summed E-state index contributed by atoms with van der Waals surface area (Å²) >= 11 is 1.52. The lowest BCUT2D eigenvalue weighted by Crippen LogP contribution is -2.44. The first-order valence-electron chi connectivity index (χ1n) is 6.95. The molecule has 0 spiro atoms. The first kappa shape index (κ1) is 15.0. The smallest absolute Gasteiger partial charge is 0.309 e. The van der Waals surface area contributed by atoms with Gasteiger partial charge in [0, 0.05) is 12.6 Å². The Hall–Kier alpha value is -1.40. The molecule has 0 saturated heterocycles. The Balaban J connectivity index is 1.65. The molecule has 1 aromatic rings. The van der Waals surface area contributed by atoms with Gasteiger partial charge in [0.25, 0.3) is 0 Å². The van der Waals surface area contributed by atoms with Gasteiger partial charge in [0.1, 0.15) is 0 Å². The van der Waals surface area contributed by atoms with Crippen molar-refractivity contribution in [1.29, 1.82) is 0 Å². The van der Waals surface area contributed by atoms with Crippen molar-refractivity contribution >= 4 is 23.2 Å². The molecule has 0 bridgehead atoms. The summed E-state index contributed by atoms with van der Waals surface area (Å²) in [5, 5.41) is 18.9. The molecule has 3 N–H and O–H groups in total. The number of aliphatic hydroxyl groups is 1. The number of nitrogens with one attached hydrogen (secondary N) is 2. The van der Waals surface area contributed by atoms with Crippen molar-refractivity contribution in [3.8, 4) is 0 Å². The van der Waals surface area contributed by atoms with E-state index >= 15 is 0 Å². The topological polar surface area (TPSA) is 78.4 Å². The highest BCUT2D eigenvalue weighted by atomic mass is 32.1. The summed E-state index contributed by atoms with van der Waals surface area (Å²) in [6, 6.07) is 1.99. The lowest BCUT2D eigenvalue weighted by molar-refractivity contribution is -0.139. The number of carbonyl (C=O) groups is 2. The minimum atomic E-state index is -0.616. The predicted molar refractivity (Wildman–Crippen MR) is 77.3 cm³/mol. The molecule has 6 heteroatoms. The molecule has 110 valence electrons. The third kappa shape index (κ3) is 4.31. The summed E-state index contributed by atoms with van der Waals surface area (Å²) in [6.45, 7) is 0.286. The van der Waals surface area contributed by atoms with E-state index < -0.39 is 17.9 Å². The van der Waals surface area contributed by atoms with Crippen molar-refractivity contribution in [2.24, 2.45) is 0 Å². The van der Waals surface area contributed by atoms with Gasteiger partial charge in [-0.25, -0.2) is 0 Å². The highest BCUT2D eigenvalue weighted by Crippen LogP contribution is 2.19. The normalized spacial score (nSPS) is 16.9. The van der Waals surface area contributed by atoms with E-state index in [1.165, 1.54) is 11.3 Å². The molecule has 1 atom stereocenters. The van der Waals surface area contributed by atoms with Crippen molar-refractivity contribution in [3.05, 3.63) is 22.4 Å². The van der Waals surface area contributed by atoms with Gasteiger partial charge in [-0.2, -0.15) is 11.3 Å². The van der Waals surface area contributed by atoms with Crippen molar-refractivity contribution in [2.45, 2.75) is 44.2 Å². The van der Waals surface area contributed by atoms with Crippen LogP contribution in [0.2, 0.25) is 0 Å². The molecule has 1 fully saturated rings. The minimum Gasteiger partial charge on any atom is -0.388 e. The average Bonchev–Trinajstić information content (AvgIpc) is 3.11. The fraction of sp³-hybridized carbons (Fsp3) is 0.571. The van der Waals surface area contributed by atoms with Gasteiger partial charge in [0.2, 0.25) is 0 Å². The largest absolute Gasteiger partial charge is 0.388 e. The molecule has 0 aromatic carbocycles. The van der Waals surface area contributed by atoms with Crippen LogP contribution in [0.15, 0.2) is 16.8 Å². The maximum atomic E-state index is 11.6. The zero-order valence-corrected chi connectivity index (χ0v) is 12.1. The number of amides is 2. The van der Waals surface area contributed by atoms with Crippen LogP contribution in [-0.4, -0.2) is 29.5 Å². The van der Waals surface area contributed by atoms with Gasteiger partial charge < -0.3 is 15.7 Å².